The summed E-state index contributed by atoms with van der Waals surface area (Å²) in [5.74, 6) is 1.46. The van der Waals surface area contributed by atoms with Gasteiger partial charge in [-0.25, -0.2) is 4.98 Å². The van der Waals surface area contributed by atoms with E-state index in [1.165, 1.54) is 0 Å². The van der Waals surface area contributed by atoms with Crippen LogP contribution < -0.4 is 15.4 Å². The molecule has 2 heterocycles. The number of ether oxygens (including phenoxy) is 1. The number of carbonyl (C=O) groups excluding carboxylic acids is 2. The predicted molar refractivity (Wildman–Crippen MR) is 105 cm³/mol. The first-order chi connectivity index (χ1) is 13.6. The zero-order valence-electron chi connectivity index (χ0n) is 16.4. The molecule has 1 aliphatic rings. The van der Waals surface area contributed by atoms with Crippen molar-refractivity contribution in [2.24, 2.45) is 0 Å². The van der Waals surface area contributed by atoms with E-state index in [9.17, 15) is 9.59 Å². The minimum atomic E-state index is -0.477. The summed E-state index contributed by atoms with van der Waals surface area (Å²) in [5.41, 5.74) is 1.05. The molecule has 2 N–H and O–H groups in total. The predicted octanol–water partition coefficient (Wildman–Crippen LogP) is 0.707. The normalized spacial score (nSPS) is 17.2. The molecule has 0 radical (unpaired) electrons. The Morgan fingerprint density at radius 1 is 1.43 bits per heavy atom. The summed E-state index contributed by atoms with van der Waals surface area (Å²) < 4.78 is 7.25. The zero-order valence-corrected chi connectivity index (χ0v) is 16.4. The van der Waals surface area contributed by atoms with Gasteiger partial charge in [-0.3, -0.25) is 14.5 Å². The van der Waals surface area contributed by atoms with Crippen LogP contribution in [-0.4, -0.2) is 59.1 Å². The van der Waals surface area contributed by atoms with Gasteiger partial charge in [0.1, 0.15) is 11.6 Å². The highest BCUT2D eigenvalue weighted by molar-refractivity contribution is 5.88. The van der Waals surface area contributed by atoms with Gasteiger partial charge < -0.3 is 19.9 Å². The summed E-state index contributed by atoms with van der Waals surface area (Å²) in [4.78, 5) is 31.0. The van der Waals surface area contributed by atoms with Crippen LogP contribution in [0, 0.1) is 6.92 Å². The van der Waals surface area contributed by atoms with Crippen LogP contribution in [0.3, 0.4) is 0 Å². The van der Waals surface area contributed by atoms with E-state index in [1.807, 2.05) is 46.9 Å². The number of benzene rings is 1. The molecule has 1 unspecified atom stereocenters. The molecule has 0 saturated carbocycles. The summed E-state index contributed by atoms with van der Waals surface area (Å²) >= 11 is 0. The summed E-state index contributed by atoms with van der Waals surface area (Å²) in [6, 6.07) is 7.29. The highest BCUT2D eigenvalue weighted by atomic mass is 16.5. The number of aromatic nitrogens is 2. The Morgan fingerprint density at radius 2 is 2.29 bits per heavy atom. The van der Waals surface area contributed by atoms with Crippen LogP contribution in [0.25, 0.3) is 0 Å². The van der Waals surface area contributed by atoms with Crippen LogP contribution in [-0.2, 0) is 22.7 Å². The zero-order chi connectivity index (χ0) is 19.9. The summed E-state index contributed by atoms with van der Waals surface area (Å²) in [6.07, 6.45) is 3.75. The van der Waals surface area contributed by atoms with Crippen LogP contribution >= 0.6 is 0 Å². The second-order valence-corrected chi connectivity index (χ2v) is 6.85. The highest BCUT2D eigenvalue weighted by Crippen LogP contribution is 2.18. The molecule has 0 aliphatic carbocycles. The molecule has 0 bridgehead atoms. The molecule has 1 atom stereocenters. The first kappa shape index (κ1) is 19.9. The topological polar surface area (TPSA) is 88.5 Å². The summed E-state index contributed by atoms with van der Waals surface area (Å²) in [6.45, 7) is 4.96. The van der Waals surface area contributed by atoms with E-state index < -0.39 is 6.04 Å². The van der Waals surface area contributed by atoms with Crippen molar-refractivity contribution in [1.82, 2.24) is 25.1 Å². The van der Waals surface area contributed by atoms with Crippen molar-refractivity contribution in [2.45, 2.75) is 32.5 Å². The number of hydrogen-bond donors (Lipinski definition) is 2. The first-order valence-corrected chi connectivity index (χ1v) is 9.46. The minimum absolute atomic E-state index is 0.102. The molecule has 1 aromatic carbocycles. The van der Waals surface area contributed by atoms with Gasteiger partial charge in [0.2, 0.25) is 11.8 Å². The number of aryl methyl sites for hydroxylation is 1. The summed E-state index contributed by atoms with van der Waals surface area (Å²) in [7, 11) is 1.63. The van der Waals surface area contributed by atoms with Crippen molar-refractivity contribution in [3.8, 4) is 5.75 Å². The molecule has 0 spiro atoms. The number of amides is 2. The maximum Gasteiger partial charge on any atom is 0.237 e. The van der Waals surface area contributed by atoms with Crippen LogP contribution in [0.1, 0.15) is 17.8 Å². The van der Waals surface area contributed by atoms with Crippen molar-refractivity contribution >= 4 is 11.8 Å². The van der Waals surface area contributed by atoms with Crippen LogP contribution in [0.5, 0.6) is 5.75 Å². The quantitative estimate of drug-likeness (QED) is 0.699. The van der Waals surface area contributed by atoms with Gasteiger partial charge in [-0.1, -0.05) is 12.1 Å². The first-order valence-electron chi connectivity index (χ1n) is 9.46. The van der Waals surface area contributed by atoms with E-state index in [-0.39, 0.29) is 18.2 Å². The van der Waals surface area contributed by atoms with Gasteiger partial charge in [-0.2, -0.15) is 0 Å². The van der Waals surface area contributed by atoms with Gasteiger partial charge in [-0.15, -0.1) is 0 Å². The third kappa shape index (κ3) is 5.10. The van der Waals surface area contributed by atoms with Crippen molar-refractivity contribution < 1.29 is 14.3 Å². The van der Waals surface area contributed by atoms with Crippen molar-refractivity contribution in [1.29, 1.82) is 0 Å². The SMILES string of the molecule is COc1cccc(CN2CCNC(=O)C2CC(=O)NCCn2ccnc2C)c1. The van der Waals surface area contributed by atoms with Crippen molar-refractivity contribution in [3.05, 3.63) is 48.0 Å². The Morgan fingerprint density at radius 3 is 3.04 bits per heavy atom. The monoisotopic (exact) mass is 385 g/mol. The Hall–Kier alpha value is -2.87. The van der Waals surface area contributed by atoms with Gasteiger partial charge in [0.05, 0.1) is 19.6 Å². The minimum Gasteiger partial charge on any atom is -0.497 e. The van der Waals surface area contributed by atoms with Crippen molar-refractivity contribution in [3.63, 3.8) is 0 Å². The molecular weight excluding hydrogens is 358 g/mol. The molecule has 1 aliphatic heterocycles. The molecule has 150 valence electrons. The van der Waals surface area contributed by atoms with Gasteiger partial charge in [0, 0.05) is 45.1 Å². The molecular formula is C20H27N5O3. The number of nitrogens with one attached hydrogen (secondary N) is 2. The molecule has 1 aromatic heterocycles. The second-order valence-electron chi connectivity index (χ2n) is 6.85. The number of hydrogen-bond acceptors (Lipinski definition) is 5. The number of carbonyl (C=O) groups is 2. The Balaban J connectivity index is 1.56. The van der Waals surface area contributed by atoms with E-state index in [2.05, 4.69) is 15.6 Å². The number of rotatable bonds is 8. The lowest BCUT2D eigenvalue weighted by atomic mass is 10.1. The largest absolute Gasteiger partial charge is 0.497 e. The number of imidazole rings is 1. The number of nitrogens with zero attached hydrogens (tertiary/aromatic N) is 3. The molecule has 2 amide bonds. The fourth-order valence-electron chi connectivity index (χ4n) is 3.38. The molecule has 3 rings (SSSR count). The average Bonchev–Trinajstić information content (AvgIpc) is 3.09. The van der Waals surface area contributed by atoms with Gasteiger partial charge in [-0.05, 0) is 24.6 Å². The average molecular weight is 385 g/mol. The molecule has 8 nitrogen and oxygen atoms in total. The van der Waals surface area contributed by atoms with E-state index in [0.717, 1.165) is 17.1 Å². The van der Waals surface area contributed by atoms with Crippen molar-refractivity contribution in [2.75, 3.05) is 26.7 Å². The van der Waals surface area contributed by atoms with E-state index in [1.54, 1.807) is 13.3 Å². The third-order valence-electron chi connectivity index (χ3n) is 4.94. The second kappa shape index (κ2) is 9.36. The van der Waals surface area contributed by atoms with E-state index >= 15 is 0 Å². The maximum absolute atomic E-state index is 12.4. The molecule has 1 saturated heterocycles. The Labute approximate surface area is 164 Å². The van der Waals surface area contributed by atoms with Crippen LogP contribution in [0.2, 0.25) is 0 Å². The smallest absolute Gasteiger partial charge is 0.237 e. The van der Waals surface area contributed by atoms with Gasteiger partial charge in [0.15, 0.2) is 0 Å². The molecule has 1 fully saturated rings. The maximum atomic E-state index is 12.4. The summed E-state index contributed by atoms with van der Waals surface area (Å²) in [5, 5.41) is 5.77. The lowest BCUT2D eigenvalue weighted by molar-refractivity contribution is -0.134. The number of piperazine rings is 1. The van der Waals surface area contributed by atoms with Gasteiger partial charge >= 0.3 is 0 Å². The molecule has 8 heteroatoms. The third-order valence-corrected chi connectivity index (χ3v) is 4.94. The lowest BCUT2D eigenvalue weighted by Gasteiger charge is -2.34. The lowest BCUT2D eigenvalue weighted by Crippen LogP contribution is -2.56. The fraction of sp³-hybridized carbons (Fsp3) is 0.450. The standard InChI is InChI=1S/C20H27N5O3/c1-15-21-6-9-24(15)10-7-22-19(26)13-18-20(27)23-8-11-25(18)14-16-4-3-5-17(12-16)28-2/h3-6,9,12,18H,7-8,10-11,13-14H2,1-2H3,(H,22,26)(H,23,27). The Bertz CT molecular complexity index is 820. The fourth-order valence-corrected chi connectivity index (χ4v) is 3.38. The van der Waals surface area contributed by atoms with Gasteiger partial charge in [0.25, 0.3) is 0 Å². The Kier molecular flexibility index (Phi) is 6.65. The van der Waals surface area contributed by atoms with E-state index in [0.29, 0.717) is 32.7 Å². The highest BCUT2D eigenvalue weighted by Gasteiger charge is 2.31. The van der Waals surface area contributed by atoms with Crippen LogP contribution in [0.4, 0.5) is 0 Å². The molecule has 2 aromatic rings. The molecule has 28 heavy (non-hydrogen) atoms. The van der Waals surface area contributed by atoms with Crippen LogP contribution in [0.15, 0.2) is 36.7 Å². The van der Waals surface area contributed by atoms with E-state index in [4.69, 9.17) is 4.74 Å². The number of methoxy groups -OCH3 is 1.